The second kappa shape index (κ2) is 9.50. The molecule has 0 aliphatic carbocycles. The Morgan fingerprint density at radius 2 is 1.91 bits per heavy atom. The number of primary amides is 1. The lowest BCUT2D eigenvalue weighted by Crippen LogP contribution is -2.35. The zero-order valence-corrected chi connectivity index (χ0v) is 18.0. The number of thiocarbonyl (C=S) groups is 1. The van der Waals surface area contributed by atoms with Crippen LogP contribution in [0, 0.1) is 5.82 Å². The van der Waals surface area contributed by atoms with Gasteiger partial charge < -0.3 is 16.2 Å². The van der Waals surface area contributed by atoms with E-state index in [1.54, 1.807) is 17.4 Å². The van der Waals surface area contributed by atoms with Gasteiger partial charge in [0.05, 0.1) is 16.6 Å². The van der Waals surface area contributed by atoms with E-state index in [-0.39, 0.29) is 16.9 Å². The predicted molar refractivity (Wildman–Crippen MR) is 117 cm³/mol. The number of alkyl halides is 3. The number of phenolic OH excluding ortho intramolecular Hbond substituents is 1. The normalized spacial score (nSPS) is 11.2. The number of benzene rings is 2. The average molecular weight is 498 g/mol. The van der Waals surface area contributed by atoms with Crippen molar-refractivity contribution in [2.45, 2.75) is 12.6 Å². The van der Waals surface area contributed by atoms with Gasteiger partial charge in [0.1, 0.15) is 10.7 Å². The highest BCUT2D eigenvalue weighted by atomic mass is 32.1. The number of anilines is 1. The fraction of sp³-hybridized carbons (Fsp3) is 0.100. The fourth-order valence-electron chi connectivity index (χ4n) is 2.97. The summed E-state index contributed by atoms with van der Waals surface area (Å²) in [4.78, 5) is 26.3. The Bertz CT molecular complexity index is 1230. The maximum atomic E-state index is 14.9. The summed E-state index contributed by atoms with van der Waals surface area (Å²) in [7, 11) is 0. The number of aromatic nitrogens is 1. The third-order valence-electron chi connectivity index (χ3n) is 4.40. The number of halogens is 4. The van der Waals surface area contributed by atoms with Gasteiger partial charge in [-0.15, -0.1) is 11.3 Å². The van der Waals surface area contributed by atoms with Gasteiger partial charge in [-0.05, 0) is 23.3 Å². The van der Waals surface area contributed by atoms with Crippen molar-refractivity contribution in [2.75, 3.05) is 5.32 Å². The molecule has 0 aliphatic rings. The number of carbonyl (C=O) groups excluding carboxylic acids is 2. The van der Waals surface area contributed by atoms with Crippen LogP contribution < -0.4 is 16.4 Å². The van der Waals surface area contributed by atoms with Gasteiger partial charge in [0.25, 0.3) is 5.91 Å². The molecule has 2 aromatic carbocycles. The summed E-state index contributed by atoms with van der Waals surface area (Å²) in [6.07, 6.45) is -5.46. The van der Waals surface area contributed by atoms with Gasteiger partial charge in [-0.3, -0.25) is 10.1 Å². The van der Waals surface area contributed by atoms with Crippen LogP contribution in [0.15, 0.2) is 41.2 Å². The largest absolute Gasteiger partial charge is 0.504 e. The Morgan fingerprint density at radius 1 is 1.21 bits per heavy atom. The summed E-state index contributed by atoms with van der Waals surface area (Å²) in [5, 5.41) is 16.0. The molecule has 0 saturated heterocycles. The number of nitrogens with two attached hydrogens (primary N) is 1. The number of hydrogen-bond donors (Lipinski definition) is 4. The first-order chi connectivity index (χ1) is 15.5. The molecule has 7 nitrogen and oxygen atoms in total. The highest BCUT2D eigenvalue weighted by molar-refractivity contribution is 7.80. The van der Waals surface area contributed by atoms with Crippen LogP contribution in [0.2, 0.25) is 0 Å². The Kier molecular flexibility index (Phi) is 6.93. The molecule has 3 aromatic rings. The van der Waals surface area contributed by atoms with Crippen LogP contribution in [0.4, 0.5) is 28.0 Å². The lowest BCUT2D eigenvalue weighted by atomic mass is 9.96. The van der Waals surface area contributed by atoms with Crippen molar-refractivity contribution in [3.05, 3.63) is 75.0 Å². The van der Waals surface area contributed by atoms with Gasteiger partial charge >= 0.3 is 12.2 Å². The van der Waals surface area contributed by atoms with Crippen LogP contribution in [-0.4, -0.2) is 27.0 Å². The number of nitrogens with zero attached hydrogens (tertiary/aromatic N) is 1. The van der Waals surface area contributed by atoms with Gasteiger partial charge in [0, 0.05) is 17.5 Å². The second-order valence-corrected chi connectivity index (χ2v) is 7.73. The minimum Gasteiger partial charge on any atom is -0.504 e. The zero-order chi connectivity index (χ0) is 24.3. The van der Waals surface area contributed by atoms with E-state index in [2.05, 4.69) is 22.5 Å². The van der Waals surface area contributed by atoms with E-state index in [1.807, 2.05) is 0 Å². The quantitative estimate of drug-likeness (QED) is 0.311. The summed E-state index contributed by atoms with van der Waals surface area (Å²) in [5.74, 6) is -3.31. The van der Waals surface area contributed by atoms with Gasteiger partial charge in [-0.2, -0.15) is 13.2 Å². The predicted octanol–water partition coefficient (Wildman–Crippen LogP) is 4.19. The van der Waals surface area contributed by atoms with E-state index in [0.29, 0.717) is 6.07 Å². The van der Waals surface area contributed by atoms with Gasteiger partial charge in [0.15, 0.2) is 11.6 Å². The van der Waals surface area contributed by atoms with E-state index in [9.17, 15) is 32.3 Å². The van der Waals surface area contributed by atoms with Crippen LogP contribution in [0.1, 0.15) is 32.7 Å². The molecule has 0 bridgehead atoms. The summed E-state index contributed by atoms with van der Waals surface area (Å²) in [5.41, 5.74) is 3.88. The van der Waals surface area contributed by atoms with Crippen molar-refractivity contribution in [1.82, 2.24) is 10.3 Å². The fourth-order valence-corrected chi connectivity index (χ4v) is 3.81. The van der Waals surface area contributed by atoms with Crippen molar-refractivity contribution >= 4 is 46.2 Å². The minimum atomic E-state index is -5.04. The van der Waals surface area contributed by atoms with Crippen molar-refractivity contribution in [3.8, 4) is 5.75 Å². The van der Waals surface area contributed by atoms with Gasteiger partial charge in [-0.1, -0.05) is 30.4 Å². The maximum absolute atomic E-state index is 14.9. The van der Waals surface area contributed by atoms with Crippen LogP contribution in [0.5, 0.6) is 5.75 Å². The molecule has 13 heteroatoms. The molecule has 0 spiro atoms. The maximum Gasteiger partial charge on any atom is 0.417 e. The lowest BCUT2D eigenvalue weighted by Gasteiger charge is -2.19. The highest BCUT2D eigenvalue weighted by Gasteiger charge is 2.38. The molecule has 0 radical (unpaired) electrons. The number of nitrogens with one attached hydrogen (secondary N) is 2. The molecule has 0 saturated carbocycles. The number of aromatic hydroxyl groups is 1. The number of rotatable bonds is 5. The summed E-state index contributed by atoms with van der Waals surface area (Å²) < 4.78 is 56.0. The van der Waals surface area contributed by atoms with Crippen molar-refractivity contribution < 1.29 is 32.3 Å². The molecule has 0 fully saturated rings. The van der Waals surface area contributed by atoms with E-state index >= 15 is 0 Å². The lowest BCUT2D eigenvalue weighted by molar-refractivity contribution is -0.137. The number of hydrogen-bond acceptors (Lipinski definition) is 6. The van der Waals surface area contributed by atoms with Crippen LogP contribution in [-0.2, 0) is 12.6 Å². The molecule has 172 valence electrons. The monoisotopic (exact) mass is 498 g/mol. The minimum absolute atomic E-state index is 0.137. The smallest absolute Gasteiger partial charge is 0.417 e. The van der Waals surface area contributed by atoms with Crippen LogP contribution in [0.3, 0.4) is 0 Å². The van der Waals surface area contributed by atoms with E-state index in [4.69, 9.17) is 5.73 Å². The van der Waals surface area contributed by atoms with E-state index in [0.717, 1.165) is 0 Å². The first-order valence-corrected chi connectivity index (χ1v) is 10.3. The zero-order valence-electron chi connectivity index (χ0n) is 16.4. The molecule has 3 amide bonds. The molecule has 0 atom stereocenters. The number of para-hydroxylation sites is 1. The summed E-state index contributed by atoms with van der Waals surface area (Å²) in [6, 6.07) is 5.30. The van der Waals surface area contributed by atoms with Crippen LogP contribution in [0.25, 0.3) is 0 Å². The number of thiazole rings is 1. The van der Waals surface area contributed by atoms with Gasteiger partial charge in [0.2, 0.25) is 0 Å². The van der Waals surface area contributed by atoms with E-state index in [1.165, 1.54) is 34.4 Å². The Hall–Kier alpha value is -3.58. The van der Waals surface area contributed by atoms with Crippen molar-refractivity contribution in [3.63, 3.8) is 0 Å². The first kappa shape index (κ1) is 24.1. The van der Waals surface area contributed by atoms with Crippen molar-refractivity contribution in [2.24, 2.45) is 5.73 Å². The Morgan fingerprint density at radius 3 is 2.52 bits per heavy atom. The summed E-state index contributed by atoms with van der Waals surface area (Å²) in [6.45, 7) is 0. The number of urea groups is 1. The molecule has 0 aliphatic heterocycles. The summed E-state index contributed by atoms with van der Waals surface area (Å²) >= 11 is 5.89. The van der Waals surface area contributed by atoms with E-state index < -0.39 is 57.8 Å². The average Bonchev–Trinajstić information content (AvgIpc) is 3.26. The molecule has 0 unspecified atom stereocenters. The Labute approximate surface area is 193 Å². The molecule has 33 heavy (non-hydrogen) atoms. The SMILES string of the molecule is NC(=O)NC(=S)c1c(C(F)(F)F)cc(Cc2ccccc2NC(=O)c2cscn2)c(F)c1O. The number of phenols is 1. The topological polar surface area (TPSA) is 117 Å². The molecule has 1 aromatic heterocycles. The molecule has 1 heterocycles. The Balaban J connectivity index is 2.03. The number of amides is 3. The highest BCUT2D eigenvalue weighted by Crippen LogP contribution is 2.39. The molecular formula is C20H14F4N4O3S2. The van der Waals surface area contributed by atoms with Gasteiger partial charge in [-0.25, -0.2) is 14.2 Å². The molecule has 5 N–H and O–H groups in total. The molecule has 3 rings (SSSR count). The third kappa shape index (κ3) is 5.43. The number of carbonyl (C=O) groups is 2. The standard InChI is InChI=1S/C20H14F4N4O3S2/c21-15-10(6-11(20(22,23)24)14(16(15)29)18(32)28-19(25)31)5-9-3-1-2-4-12(9)27-17(30)13-7-33-8-26-13/h1-4,6-8,29H,5H2,(H,27,30)(H3,25,28,31,32). The second-order valence-electron chi connectivity index (χ2n) is 6.60. The molecular weight excluding hydrogens is 484 g/mol. The van der Waals surface area contributed by atoms with Crippen molar-refractivity contribution in [1.29, 1.82) is 0 Å². The third-order valence-corrected chi connectivity index (χ3v) is 5.29. The van der Waals surface area contributed by atoms with Crippen LogP contribution >= 0.6 is 23.6 Å². The first-order valence-electron chi connectivity index (χ1n) is 8.98.